The zero-order valence-electron chi connectivity index (χ0n) is 19.7. The number of benzene rings is 2. The molecule has 39 heavy (non-hydrogen) atoms. The number of aromatic nitrogens is 1. The molecule has 0 bridgehead atoms. The second-order valence-electron chi connectivity index (χ2n) is 8.65. The summed E-state index contributed by atoms with van der Waals surface area (Å²) >= 11 is 11.9. The molecule has 0 radical (unpaired) electrons. The van der Waals surface area contributed by atoms with E-state index in [-0.39, 0.29) is 16.9 Å². The van der Waals surface area contributed by atoms with Crippen LogP contribution in [0.25, 0.3) is 0 Å². The second kappa shape index (κ2) is 10.3. The molecule has 196 valence electrons. The summed E-state index contributed by atoms with van der Waals surface area (Å²) in [7, 11) is 0. The van der Waals surface area contributed by atoms with Crippen LogP contribution in [0, 0.1) is 11.8 Å². The average Bonchev–Trinajstić information content (AvgIpc) is 2.90. The fourth-order valence-electron chi connectivity index (χ4n) is 4.65. The van der Waals surface area contributed by atoms with Crippen LogP contribution in [-0.4, -0.2) is 40.7 Å². The largest absolute Gasteiger partial charge is 0.335 e. The molecule has 8 amide bonds. The molecule has 2 aromatic carbocycles. The summed E-state index contributed by atoms with van der Waals surface area (Å²) in [4.78, 5) is 84.9. The Hall–Kier alpha value is -4.61. The number of anilines is 2. The third kappa shape index (κ3) is 4.73. The Bertz CT molecular complexity index is 1420. The maximum absolute atomic E-state index is 13.8. The van der Waals surface area contributed by atoms with E-state index in [4.69, 9.17) is 23.2 Å². The number of nitrogens with zero attached hydrogens (tertiary/aromatic N) is 3. The van der Waals surface area contributed by atoms with E-state index in [2.05, 4.69) is 15.6 Å². The maximum atomic E-state index is 13.8. The van der Waals surface area contributed by atoms with E-state index in [0.717, 1.165) is 9.80 Å². The first-order valence-electron chi connectivity index (χ1n) is 11.5. The molecule has 0 spiro atoms. The second-order valence-corrected chi connectivity index (χ2v) is 9.52. The lowest BCUT2D eigenvalue weighted by molar-refractivity contribution is -0.140. The van der Waals surface area contributed by atoms with Gasteiger partial charge in [0.05, 0.1) is 11.4 Å². The molecule has 3 heterocycles. The Labute approximate surface area is 230 Å². The minimum atomic E-state index is -1.71. The summed E-state index contributed by atoms with van der Waals surface area (Å²) in [5.41, 5.74) is 0.471. The fraction of sp³-hybridized carbons (Fsp3) is 0.115. The molecule has 1 aromatic heterocycles. The van der Waals surface area contributed by atoms with Gasteiger partial charge in [0, 0.05) is 28.4 Å². The van der Waals surface area contributed by atoms with Gasteiger partial charge in [0.25, 0.3) is 0 Å². The fourth-order valence-corrected chi connectivity index (χ4v) is 4.90. The Kier molecular flexibility index (Phi) is 6.85. The van der Waals surface area contributed by atoms with Crippen LogP contribution >= 0.6 is 23.2 Å². The summed E-state index contributed by atoms with van der Waals surface area (Å²) in [6.07, 6.45) is 2.73. The van der Waals surface area contributed by atoms with Crippen LogP contribution in [0.4, 0.5) is 21.0 Å². The van der Waals surface area contributed by atoms with Crippen molar-refractivity contribution in [2.45, 2.75) is 5.92 Å². The molecule has 2 aliphatic rings. The van der Waals surface area contributed by atoms with Gasteiger partial charge in [-0.05, 0) is 66.2 Å². The molecule has 2 N–H and O–H groups in total. The van der Waals surface area contributed by atoms with Crippen LogP contribution in [0.15, 0.2) is 73.1 Å². The van der Waals surface area contributed by atoms with Crippen LogP contribution in [0.3, 0.4) is 0 Å². The first-order chi connectivity index (χ1) is 18.7. The van der Waals surface area contributed by atoms with Crippen molar-refractivity contribution >= 4 is 70.3 Å². The Morgan fingerprint density at radius 2 is 1.00 bits per heavy atom. The van der Waals surface area contributed by atoms with E-state index in [1.807, 2.05) is 0 Å². The van der Waals surface area contributed by atoms with Crippen molar-refractivity contribution in [3.63, 3.8) is 0 Å². The van der Waals surface area contributed by atoms with Gasteiger partial charge < -0.3 is 0 Å². The number of carbonyl (C=O) groups is 6. The van der Waals surface area contributed by atoms with Gasteiger partial charge in [-0.15, -0.1) is 0 Å². The van der Waals surface area contributed by atoms with E-state index in [0.29, 0.717) is 10.0 Å². The van der Waals surface area contributed by atoms with E-state index in [9.17, 15) is 28.8 Å². The van der Waals surface area contributed by atoms with E-state index in [1.165, 1.54) is 73.1 Å². The first-order valence-corrected chi connectivity index (χ1v) is 12.2. The lowest BCUT2D eigenvalue weighted by Crippen LogP contribution is -2.64. The minimum absolute atomic E-state index is 0.116. The number of halogens is 2. The summed E-state index contributed by atoms with van der Waals surface area (Å²) in [5, 5.41) is 4.98. The molecular formula is C26H17Cl2N5O6. The maximum Gasteiger partial charge on any atom is 0.335 e. The number of hydrogen-bond donors (Lipinski definition) is 2. The minimum Gasteiger partial charge on any atom is -0.277 e. The number of amides is 8. The number of rotatable bonds is 5. The van der Waals surface area contributed by atoms with Crippen LogP contribution in [0.5, 0.6) is 0 Å². The van der Waals surface area contributed by atoms with Crippen molar-refractivity contribution in [1.82, 2.24) is 15.6 Å². The van der Waals surface area contributed by atoms with Crippen molar-refractivity contribution in [2.75, 3.05) is 9.80 Å². The van der Waals surface area contributed by atoms with Crippen LogP contribution in [0.1, 0.15) is 11.5 Å². The molecule has 0 unspecified atom stereocenters. The number of carbonyl (C=O) groups excluding carboxylic acids is 6. The molecule has 11 nitrogen and oxygen atoms in total. The van der Waals surface area contributed by atoms with E-state index >= 15 is 0 Å². The number of nitrogens with one attached hydrogen (secondary N) is 2. The molecule has 2 aliphatic heterocycles. The van der Waals surface area contributed by atoms with Gasteiger partial charge in [-0.2, -0.15) is 0 Å². The summed E-state index contributed by atoms with van der Waals surface area (Å²) < 4.78 is 0. The third-order valence-corrected chi connectivity index (χ3v) is 6.89. The molecule has 2 fully saturated rings. The normalized spacial score (nSPS) is 19.9. The highest BCUT2D eigenvalue weighted by Gasteiger charge is 2.55. The molecule has 5 rings (SSSR count). The van der Waals surface area contributed by atoms with Gasteiger partial charge >= 0.3 is 12.1 Å². The molecule has 2 saturated heterocycles. The monoisotopic (exact) mass is 565 g/mol. The highest BCUT2D eigenvalue weighted by Crippen LogP contribution is 2.39. The smallest absolute Gasteiger partial charge is 0.277 e. The standard InChI is InChI=1S/C26H17Cl2N5O6/c27-14-1-5-16(6-2-14)32-23(36)19(21(34)30-25(32)38)18(13-9-11-29-12-10-13)20-22(35)31-26(39)33(24(20)37)17-7-3-15(28)4-8-17/h1-12,18-20H,(H,30,34,38)(H,31,35,39)/t19-,20-/m1/s1. The van der Waals surface area contributed by atoms with Gasteiger partial charge in [-0.3, -0.25) is 34.8 Å². The first kappa shape index (κ1) is 26.0. The van der Waals surface area contributed by atoms with Gasteiger partial charge in [0.1, 0.15) is 11.8 Å². The zero-order chi connectivity index (χ0) is 27.8. The van der Waals surface area contributed by atoms with Gasteiger partial charge in [0.15, 0.2) is 0 Å². The predicted molar refractivity (Wildman–Crippen MR) is 139 cm³/mol. The molecule has 0 aliphatic carbocycles. The number of imide groups is 4. The van der Waals surface area contributed by atoms with Crippen LogP contribution in [0.2, 0.25) is 10.0 Å². The van der Waals surface area contributed by atoms with Gasteiger partial charge in [-0.25, -0.2) is 19.4 Å². The van der Waals surface area contributed by atoms with Gasteiger partial charge in [0.2, 0.25) is 23.6 Å². The van der Waals surface area contributed by atoms with E-state index < -0.39 is 53.4 Å². The average molecular weight is 566 g/mol. The highest BCUT2D eigenvalue weighted by atomic mass is 35.5. The highest BCUT2D eigenvalue weighted by molar-refractivity contribution is 6.33. The number of urea groups is 2. The van der Waals surface area contributed by atoms with Crippen molar-refractivity contribution in [1.29, 1.82) is 0 Å². The van der Waals surface area contributed by atoms with Gasteiger partial charge in [-0.1, -0.05) is 23.2 Å². The van der Waals surface area contributed by atoms with Crippen LogP contribution < -0.4 is 20.4 Å². The van der Waals surface area contributed by atoms with Crippen molar-refractivity contribution in [2.24, 2.45) is 11.8 Å². The quantitative estimate of drug-likeness (QED) is 0.451. The summed E-state index contributed by atoms with van der Waals surface area (Å²) in [5.74, 6) is -8.78. The number of barbiturate groups is 2. The summed E-state index contributed by atoms with van der Waals surface area (Å²) in [6, 6.07) is 12.3. The predicted octanol–water partition coefficient (Wildman–Crippen LogP) is 3.27. The van der Waals surface area contributed by atoms with Crippen molar-refractivity contribution in [3.05, 3.63) is 88.7 Å². The Morgan fingerprint density at radius 3 is 1.38 bits per heavy atom. The van der Waals surface area contributed by atoms with Crippen LogP contribution in [-0.2, 0) is 19.2 Å². The van der Waals surface area contributed by atoms with Crippen molar-refractivity contribution in [3.8, 4) is 0 Å². The lowest BCUT2D eigenvalue weighted by Gasteiger charge is -2.39. The van der Waals surface area contributed by atoms with Crippen molar-refractivity contribution < 1.29 is 28.8 Å². The van der Waals surface area contributed by atoms with E-state index in [1.54, 1.807) is 0 Å². The molecule has 13 heteroatoms. The third-order valence-electron chi connectivity index (χ3n) is 6.38. The molecule has 0 saturated carbocycles. The molecule has 2 atom stereocenters. The molecule has 3 aromatic rings. The Morgan fingerprint density at radius 1 is 0.615 bits per heavy atom. The topological polar surface area (TPSA) is 146 Å². The SMILES string of the molecule is O=C1NC(=O)N(c2ccc(Cl)cc2)C(=O)[C@@H]1C(c1ccncc1)[C@@H]1C(=O)NC(=O)N(c2ccc(Cl)cc2)C1=O. The number of hydrogen-bond acceptors (Lipinski definition) is 7. The summed E-state index contributed by atoms with van der Waals surface area (Å²) in [6.45, 7) is 0. The zero-order valence-corrected chi connectivity index (χ0v) is 21.2. The molecular weight excluding hydrogens is 549 g/mol. The lowest BCUT2D eigenvalue weighted by atomic mass is 9.73. The number of pyridine rings is 1. The Balaban J connectivity index is 1.62.